The molecule has 0 amide bonds. The van der Waals surface area contributed by atoms with Gasteiger partial charge in [-0.15, -0.1) is 0 Å². The van der Waals surface area contributed by atoms with E-state index in [9.17, 15) is 0 Å². The first-order valence-electron chi connectivity index (χ1n) is 5.74. The fourth-order valence-corrected chi connectivity index (χ4v) is 2.07. The molecule has 0 saturated carbocycles. The minimum Gasteiger partial charge on any atom is -0.331 e. The largest absolute Gasteiger partial charge is 0.331 e. The molecule has 2 N–H and O–H groups in total. The Morgan fingerprint density at radius 3 is 2.50 bits per heavy atom. The number of benzene rings is 1. The van der Waals surface area contributed by atoms with Gasteiger partial charge in [-0.25, -0.2) is 0 Å². The quantitative estimate of drug-likeness (QED) is 0.843. The molecule has 0 spiro atoms. The van der Waals surface area contributed by atoms with Crippen LogP contribution in [-0.2, 0) is 0 Å². The molecular weight excluding hydrogens is 268 g/mol. The van der Waals surface area contributed by atoms with E-state index in [0.717, 1.165) is 11.5 Å². The van der Waals surface area contributed by atoms with Gasteiger partial charge in [0.05, 0.1) is 14.1 Å². The lowest BCUT2D eigenvalue weighted by Gasteiger charge is -2.17. The number of quaternary nitrogens is 1. The molecule has 96 valence electrons. The summed E-state index contributed by atoms with van der Waals surface area (Å²) < 4.78 is 2.55. The Morgan fingerprint density at radius 2 is 1.94 bits per heavy atom. The molecule has 1 aromatic carbocycles. The van der Waals surface area contributed by atoms with E-state index in [1.165, 1.54) is 4.90 Å². The third-order valence-corrected chi connectivity index (χ3v) is 3.56. The van der Waals surface area contributed by atoms with E-state index in [0.29, 0.717) is 9.79 Å². The van der Waals surface area contributed by atoms with Crippen molar-refractivity contribution in [1.29, 1.82) is 0 Å². The number of nitrogens with zero attached hydrogens (tertiary/aromatic N) is 2. The number of halogens is 1. The van der Waals surface area contributed by atoms with Crippen LogP contribution in [0, 0.1) is 4.77 Å². The summed E-state index contributed by atoms with van der Waals surface area (Å²) in [6, 6.07) is 7.82. The van der Waals surface area contributed by atoms with E-state index in [-0.39, 0.29) is 6.04 Å². The maximum atomic E-state index is 5.90. The molecule has 0 fully saturated rings. The van der Waals surface area contributed by atoms with Gasteiger partial charge in [-0.05, 0) is 43.4 Å². The van der Waals surface area contributed by atoms with Crippen LogP contribution in [0.25, 0.3) is 5.69 Å². The maximum absolute atomic E-state index is 5.90. The molecule has 1 aromatic heterocycles. The second-order valence-electron chi connectivity index (χ2n) is 4.50. The van der Waals surface area contributed by atoms with Crippen LogP contribution in [0.15, 0.2) is 24.3 Å². The van der Waals surface area contributed by atoms with E-state index in [1.54, 1.807) is 0 Å². The topological polar surface area (TPSA) is 38.0 Å². The number of hydrogen-bond acceptors (Lipinski definition) is 2. The van der Waals surface area contributed by atoms with Crippen molar-refractivity contribution in [2.24, 2.45) is 0 Å². The highest BCUT2D eigenvalue weighted by molar-refractivity contribution is 7.71. The fraction of sp³-hybridized carbons (Fsp3) is 0.333. The Morgan fingerprint density at radius 1 is 1.33 bits per heavy atom. The van der Waals surface area contributed by atoms with Crippen LogP contribution in [0.3, 0.4) is 0 Å². The third kappa shape index (κ3) is 2.48. The van der Waals surface area contributed by atoms with Crippen molar-refractivity contribution in [3.05, 3.63) is 39.9 Å². The molecule has 0 bridgehead atoms. The second kappa shape index (κ2) is 5.22. The van der Waals surface area contributed by atoms with Crippen LogP contribution < -0.4 is 4.90 Å². The van der Waals surface area contributed by atoms with Gasteiger partial charge < -0.3 is 4.90 Å². The summed E-state index contributed by atoms with van der Waals surface area (Å²) in [4.78, 5) is 1.29. The van der Waals surface area contributed by atoms with Crippen molar-refractivity contribution < 1.29 is 4.90 Å². The molecule has 4 nitrogen and oxygen atoms in total. The molecule has 0 aliphatic heterocycles. The number of rotatable bonds is 3. The number of nitrogens with one attached hydrogen (secondary N) is 2. The Balaban J connectivity index is 2.53. The standard InChI is InChI=1S/C12H15ClN4S/c1-8(16(2)3)11-14-15-12(18)17(11)10-6-4-9(13)5-7-10/h4-8H,1-3H3,(H,15,18)/p+1/t8-/m0/s1. The molecule has 2 rings (SSSR count). The summed E-state index contributed by atoms with van der Waals surface area (Å²) in [5.41, 5.74) is 0.973. The number of aromatic amines is 1. The number of hydrogen-bond donors (Lipinski definition) is 2. The van der Waals surface area contributed by atoms with Gasteiger partial charge in [0.15, 0.2) is 10.6 Å². The summed E-state index contributed by atoms with van der Waals surface area (Å²) in [6.07, 6.45) is 0. The first kappa shape index (κ1) is 13.3. The second-order valence-corrected chi connectivity index (χ2v) is 5.32. The predicted octanol–water partition coefficient (Wildman–Crippen LogP) is 1.79. The minimum absolute atomic E-state index is 0.244. The average molecular weight is 284 g/mol. The summed E-state index contributed by atoms with van der Waals surface area (Å²) in [6.45, 7) is 2.12. The molecule has 0 aliphatic carbocycles. The van der Waals surface area contributed by atoms with Gasteiger partial charge >= 0.3 is 0 Å². The van der Waals surface area contributed by atoms with E-state index in [1.807, 2.05) is 28.8 Å². The van der Waals surface area contributed by atoms with Gasteiger partial charge in [0, 0.05) is 10.7 Å². The predicted molar refractivity (Wildman–Crippen MR) is 75.0 cm³/mol. The molecule has 1 atom stereocenters. The van der Waals surface area contributed by atoms with Crippen LogP contribution in [0.4, 0.5) is 0 Å². The molecule has 0 unspecified atom stereocenters. The molecule has 18 heavy (non-hydrogen) atoms. The third-order valence-electron chi connectivity index (χ3n) is 3.04. The zero-order valence-electron chi connectivity index (χ0n) is 10.6. The normalized spacial score (nSPS) is 12.9. The van der Waals surface area contributed by atoms with Gasteiger partial charge in [-0.3, -0.25) is 9.67 Å². The lowest BCUT2D eigenvalue weighted by molar-refractivity contribution is -0.890. The zero-order valence-corrected chi connectivity index (χ0v) is 12.1. The molecule has 0 aliphatic rings. The Labute approximate surface area is 116 Å². The highest BCUT2D eigenvalue weighted by Gasteiger charge is 2.19. The summed E-state index contributed by atoms with van der Waals surface area (Å²) in [5.74, 6) is 0.919. The van der Waals surface area contributed by atoms with Crippen LogP contribution in [0.5, 0.6) is 0 Å². The summed E-state index contributed by atoms with van der Waals surface area (Å²) in [5, 5.41) is 7.89. The Hall–Kier alpha value is -1.17. The van der Waals surface area contributed by atoms with Crippen molar-refractivity contribution >= 4 is 23.8 Å². The van der Waals surface area contributed by atoms with Crippen molar-refractivity contribution in [3.63, 3.8) is 0 Å². The number of aromatic nitrogens is 3. The smallest absolute Gasteiger partial charge is 0.200 e. The van der Waals surface area contributed by atoms with E-state index < -0.39 is 0 Å². The van der Waals surface area contributed by atoms with Crippen LogP contribution in [0.1, 0.15) is 18.8 Å². The Kier molecular flexibility index (Phi) is 3.85. The maximum Gasteiger partial charge on any atom is 0.200 e. The lowest BCUT2D eigenvalue weighted by Crippen LogP contribution is -3.05. The van der Waals surface area contributed by atoms with E-state index in [4.69, 9.17) is 23.8 Å². The van der Waals surface area contributed by atoms with Gasteiger partial charge in [-0.1, -0.05) is 11.6 Å². The summed E-state index contributed by atoms with van der Waals surface area (Å²) >= 11 is 11.2. The van der Waals surface area contributed by atoms with Gasteiger partial charge in [0.1, 0.15) is 6.04 Å². The monoisotopic (exact) mass is 283 g/mol. The van der Waals surface area contributed by atoms with Crippen molar-refractivity contribution in [3.8, 4) is 5.69 Å². The highest BCUT2D eigenvalue weighted by Crippen LogP contribution is 2.17. The van der Waals surface area contributed by atoms with Gasteiger partial charge in [-0.2, -0.15) is 5.10 Å². The fourth-order valence-electron chi connectivity index (χ4n) is 1.70. The van der Waals surface area contributed by atoms with Crippen molar-refractivity contribution in [1.82, 2.24) is 14.8 Å². The molecule has 6 heteroatoms. The molecule has 2 aromatic rings. The summed E-state index contributed by atoms with van der Waals surface area (Å²) in [7, 11) is 4.18. The first-order valence-corrected chi connectivity index (χ1v) is 6.52. The molecule has 1 heterocycles. The first-order chi connectivity index (χ1) is 8.50. The minimum atomic E-state index is 0.244. The van der Waals surface area contributed by atoms with Crippen LogP contribution in [-0.4, -0.2) is 28.9 Å². The van der Waals surface area contributed by atoms with Crippen LogP contribution in [0.2, 0.25) is 5.02 Å². The molecular formula is C12H16ClN4S+. The highest BCUT2D eigenvalue weighted by atomic mass is 35.5. The van der Waals surface area contributed by atoms with E-state index >= 15 is 0 Å². The average Bonchev–Trinajstić information content (AvgIpc) is 2.71. The van der Waals surface area contributed by atoms with Crippen molar-refractivity contribution in [2.75, 3.05) is 14.1 Å². The molecule has 0 saturated heterocycles. The van der Waals surface area contributed by atoms with Crippen molar-refractivity contribution in [2.45, 2.75) is 13.0 Å². The lowest BCUT2D eigenvalue weighted by atomic mass is 10.2. The van der Waals surface area contributed by atoms with Gasteiger partial charge in [0.2, 0.25) is 0 Å². The SMILES string of the molecule is C[C@@H](c1n[nH]c(=S)n1-c1ccc(Cl)cc1)[NH+](C)C. The Bertz CT molecular complexity index is 585. The molecule has 0 radical (unpaired) electrons. The van der Waals surface area contributed by atoms with E-state index in [2.05, 4.69) is 31.2 Å². The number of H-pyrrole nitrogens is 1. The van der Waals surface area contributed by atoms with Crippen LogP contribution >= 0.6 is 23.8 Å². The van der Waals surface area contributed by atoms with Gasteiger partial charge in [0.25, 0.3) is 0 Å². The zero-order chi connectivity index (χ0) is 13.3.